The van der Waals surface area contributed by atoms with E-state index in [2.05, 4.69) is 0 Å². The highest BCUT2D eigenvalue weighted by Crippen LogP contribution is 2.43. The molecule has 138 valence electrons. The first-order valence-electron chi connectivity index (χ1n) is 8.41. The van der Waals surface area contributed by atoms with E-state index in [0.29, 0.717) is 29.0 Å². The third-order valence-corrected chi connectivity index (χ3v) is 3.94. The van der Waals surface area contributed by atoms with Crippen molar-refractivity contribution in [1.82, 2.24) is 0 Å². The van der Waals surface area contributed by atoms with E-state index in [4.69, 9.17) is 14.2 Å². The molecular weight excluding hydrogens is 336 g/mol. The number of fused-ring (bicyclic) bond motifs is 1. The second kappa shape index (κ2) is 8.47. The van der Waals surface area contributed by atoms with Crippen molar-refractivity contribution in [2.45, 2.75) is 27.2 Å². The SMILES string of the molecule is CCOC(=O)c1c2ccccc(OCC)c-2c(C(C)=O)c1CC(=O)OC. The summed E-state index contributed by atoms with van der Waals surface area (Å²) in [6.07, 6.45) is -0.205. The van der Waals surface area contributed by atoms with E-state index >= 15 is 0 Å². The first-order valence-corrected chi connectivity index (χ1v) is 8.41. The van der Waals surface area contributed by atoms with Crippen LogP contribution in [0.15, 0.2) is 24.3 Å². The number of hydrogen-bond acceptors (Lipinski definition) is 6. The van der Waals surface area contributed by atoms with Crippen LogP contribution in [0.2, 0.25) is 0 Å². The number of ketones is 1. The van der Waals surface area contributed by atoms with E-state index in [1.165, 1.54) is 14.0 Å². The molecule has 0 fully saturated rings. The zero-order valence-electron chi connectivity index (χ0n) is 15.4. The van der Waals surface area contributed by atoms with Gasteiger partial charge in [0.1, 0.15) is 5.75 Å². The van der Waals surface area contributed by atoms with E-state index in [1.807, 2.05) is 6.92 Å². The van der Waals surface area contributed by atoms with Crippen molar-refractivity contribution in [1.29, 1.82) is 0 Å². The highest BCUT2D eigenvalue weighted by atomic mass is 16.5. The highest BCUT2D eigenvalue weighted by Gasteiger charge is 2.33. The van der Waals surface area contributed by atoms with Crippen molar-refractivity contribution >= 4 is 17.7 Å². The van der Waals surface area contributed by atoms with Gasteiger partial charge in [0.25, 0.3) is 0 Å². The summed E-state index contributed by atoms with van der Waals surface area (Å²) in [5, 5.41) is 0. The third-order valence-electron chi connectivity index (χ3n) is 3.94. The Labute approximate surface area is 152 Å². The molecule has 2 aliphatic carbocycles. The molecule has 0 radical (unpaired) electrons. The molecule has 0 bridgehead atoms. The minimum absolute atomic E-state index is 0.176. The lowest BCUT2D eigenvalue weighted by Gasteiger charge is -2.08. The molecule has 0 saturated heterocycles. The standard InChI is InChI=1S/C20H22O6/c1-5-25-15-10-8-7-9-13-18(20(23)26-6-2)14(11-16(22)24-4)17(12(3)21)19(13)15/h7-10H,5-6,11H2,1-4H3. The monoisotopic (exact) mass is 358 g/mol. The lowest BCUT2D eigenvalue weighted by Crippen LogP contribution is -2.13. The van der Waals surface area contributed by atoms with Gasteiger partial charge in [-0.15, -0.1) is 0 Å². The van der Waals surface area contributed by atoms with E-state index in [9.17, 15) is 14.4 Å². The van der Waals surface area contributed by atoms with E-state index in [-0.39, 0.29) is 29.9 Å². The molecule has 0 unspecified atom stereocenters. The van der Waals surface area contributed by atoms with Crippen LogP contribution in [-0.2, 0) is 20.7 Å². The molecular formula is C20H22O6. The van der Waals surface area contributed by atoms with Gasteiger partial charge in [-0.2, -0.15) is 0 Å². The number of carbonyl (C=O) groups is 3. The van der Waals surface area contributed by atoms with Crippen molar-refractivity contribution in [3.8, 4) is 16.9 Å². The second-order valence-electron chi connectivity index (χ2n) is 5.56. The molecule has 0 spiro atoms. The molecule has 6 nitrogen and oxygen atoms in total. The average molecular weight is 358 g/mol. The van der Waals surface area contributed by atoms with Gasteiger partial charge in [-0.25, -0.2) is 4.79 Å². The lowest BCUT2D eigenvalue weighted by atomic mass is 10.0. The van der Waals surface area contributed by atoms with Gasteiger partial charge in [-0.1, -0.05) is 18.2 Å². The molecule has 0 aromatic carbocycles. The van der Waals surface area contributed by atoms with Crippen LogP contribution < -0.4 is 4.74 Å². The van der Waals surface area contributed by atoms with Crippen LogP contribution >= 0.6 is 0 Å². The summed E-state index contributed by atoms with van der Waals surface area (Å²) in [6, 6.07) is 6.97. The van der Waals surface area contributed by atoms with Gasteiger partial charge in [0, 0.05) is 16.7 Å². The maximum Gasteiger partial charge on any atom is 0.339 e. The van der Waals surface area contributed by atoms with Crippen molar-refractivity contribution in [3.63, 3.8) is 0 Å². The molecule has 0 aromatic rings. The Kier molecular flexibility index (Phi) is 6.33. The number of methoxy groups -OCH3 is 1. The highest BCUT2D eigenvalue weighted by molar-refractivity contribution is 6.14. The Morgan fingerprint density at radius 2 is 1.69 bits per heavy atom. The smallest absolute Gasteiger partial charge is 0.339 e. The predicted octanol–water partition coefficient (Wildman–Crippen LogP) is 3.28. The fourth-order valence-electron chi connectivity index (χ4n) is 2.99. The van der Waals surface area contributed by atoms with Crippen molar-refractivity contribution in [2.24, 2.45) is 0 Å². The predicted molar refractivity (Wildman–Crippen MR) is 95.9 cm³/mol. The average Bonchev–Trinajstić information content (AvgIpc) is 2.78. The summed E-state index contributed by atoms with van der Waals surface area (Å²) < 4.78 is 15.6. The van der Waals surface area contributed by atoms with E-state index in [0.717, 1.165) is 0 Å². The van der Waals surface area contributed by atoms with Gasteiger partial charge in [0.15, 0.2) is 5.78 Å². The van der Waals surface area contributed by atoms with Crippen LogP contribution in [0.25, 0.3) is 11.1 Å². The minimum Gasteiger partial charge on any atom is -0.493 e. The summed E-state index contributed by atoms with van der Waals surface area (Å²) >= 11 is 0. The molecule has 0 heterocycles. The Hall–Kier alpha value is -2.89. The Balaban J connectivity index is 2.89. The van der Waals surface area contributed by atoms with Crippen LogP contribution in [0.3, 0.4) is 0 Å². The van der Waals surface area contributed by atoms with E-state index in [1.54, 1.807) is 31.2 Å². The molecule has 2 aliphatic rings. The number of esters is 2. The van der Waals surface area contributed by atoms with Crippen molar-refractivity contribution in [2.75, 3.05) is 20.3 Å². The van der Waals surface area contributed by atoms with Gasteiger partial charge in [0.2, 0.25) is 0 Å². The Morgan fingerprint density at radius 3 is 2.27 bits per heavy atom. The van der Waals surface area contributed by atoms with Gasteiger partial charge in [0.05, 0.1) is 32.3 Å². The Morgan fingerprint density at radius 1 is 1.00 bits per heavy atom. The molecule has 2 rings (SSSR count). The van der Waals surface area contributed by atoms with Crippen LogP contribution in [0.4, 0.5) is 0 Å². The van der Waals surface area contributed by atoms with Crippen LogP contribution in [0.1, 0.15) is 47.1 Å². The van der Waals surface area contributed by atoms with Gasteiger partial charge >= 0.3 is 11.9 Å². The first kappa shape index (κ1) is 19.4. The molecule has 0 aromatic heterocycles. The molecule has 0 N–H and O–H groups in total. The fraction of sp³-hybridized carbons (Fsp3) is 0.350. The Bertz CT molecular complexity index is 808. The molecule has 26 heavy (non-hydrogen) atoms. The molecule has 0 atom stereocenters. The summed E-state index contributed by atoms with van der Waals surface area (Å²) in [6.45, 7) is 5.49. The van der Waals surface area contributed by atoms with Gasteiger partial charge in [-0.3, -0.25) is 9.59 Å². The zero-order chi connectivity index (χ0) is 19.3. The summed E-state index contributed by atoms with van der Waals surface area (Å²) in [4.78, 5) is 37.0. The second-order valence-corrected chi connectivity index (χ2v) is 5.56. The molecule has 0 saturated carbocycles. The molecule has 0 aliphatic heterocycles. The largest absolute Gasteiger partial charge is 0.493 e. The topological polar surface area (TPSA) is 78.9 Å². The van der Waals surface area contributed by atoms with Crippen LogP contribution in [0, 0.1) is 0 Å². The van der Waals surface area contributed by atoms with Gasteiger partial charge in [-0.05, 0) is 32.4 Å². The summed E-state index contributed by atoms with van der Waals surface area (Å²) in [5.74, 6) is -0.927. The minimum atomic E-state index is -0.586. The fourth-order valence-corrected chi connectivity index (χ4v) is 2.99. The number of ether oxygens (including phenoxy) is 3. The summed E-state index contributed by atoms with van der Waals surface area (Å²) in [5.41, 5.74) is 1.82. The molecule has 6 heteroatoms. The lowest BCUT2D eigenvalue weighted by molar-refractivity contribution is -0.139. The maximum absolute atomic E-state index is 12.6. The number of hydrogen-bond donors (Lipinski definition) is 0. The van der Waals surface area contributed by atoms with E-state index < -0.39 is 11.9 Å². The zero-order valence-corrected chi connectivity index (χ0v) is 15.4. The molecule has 0 amide bonds. The quantitative estimate of drug-likeness (QED) is 0.558. The third kappa shape index (κ3) is 3.69. The normalized spacial score (nSPS) is 10.5. The number of rotatable bonds is 7. The maximum atomic E-state index is 12.6. The van der Waals surface area contributed by atoms with Crippen LogP contribution in [0.5, 0.6) is 5.75 Å². The number of Topliss-reactive ketones (excluding diaryl/α,β-unsaturated/α-hetero) is 1. The van der Waals surface area contributed by atoms with Crippen molar-refractivity contribution in [3.05, 3.63) is 41.0 Å². The van der Waals surface area contributed by atoms with Crippen molar-refractivity contribution < 1.29 is 28.6 Å². The van der Waals surface area contributed by atoms with Gasteiger partial charge < -0.3 is 14.2 Å². The number of carbonyl (C=O) groups excluding carboxylic acids is 3. The first-order chi connectivity index (χ1) is 12.5. The summed E-state index contributed by atoms with van der Waals surface area (Å²) in [7, 11) is 1.26. The van der Waals surface area contributed by atoms with Crippen LogP contribution in [-0.4, -0.2) is 38.0 Å².